The molecule has 1 unspecified atom stereocenters. The van der Waals surface area contributed by atoms with Crippen LogP contribution in [0.4, 0.5) is 0 Å². The molecule has 0 bridgehead atoms. The molecule has 0 aliphatic carbocycles. The number of carbonyl (C=O) groups is 1. The molecule has 1 saturated heterocycles. The molecule has 1 aliphatic rings. The summed E-state index contributed by atoms with van der Waals surface area (Å²) in [5, 5.41) is 0. The van der Waals surface area contributed by atoms with Gasteiger partial charge < -0.3 is 10.5 Å². The van der Waals surface area contributed by atoms with E-state index < -0.39 is 0 Å². The molecule has 2 N–H and O–H groups in total. The maximum Gasteiger partial charge on any atom is 0.148 e. The minimum Gasteiger partial charge on any atom is -0.378 e. The maximum atomic E-state index is 10.8. The molecule has 1 atom stereocenters. The van der Waals surface area contributed by atoms with Gasteiger partial charge in [0.1, 0.15) is 5.78 Å². The van der Waals surface area contributed by atoms with Gasteiger partial charge >= 0.3 is 0 Å². The summed E-state index contributed by atoms with van der Waals surface area (Å²) in [4.78, 5) is 10.8. The SMILES string of the molecule is NCC(=O)CC1CCCO1. The lowest BCUT2D eigenvalue weighted by Crippen LogP contribution is -2.19. The first kappa shape index (κ1) is 7.69. The third-order valence-corrected chi connectivity index (χ3v) is 1.71. The Morgan fingerprint density at radius 2 is 2.50 bits per heavy atom. The van der Waals surface area contributed by atoms with Gasteiger partial charge in [-0.3, -0.25) is 4.79 Å². The molecule has 0 saturated carbocycles. The van der Waals surface area contributed by atoms with Gasteiger partial charge in [0.2, 0.25) is 0 Å². The predicted molar refractivity (Wildman–Crippen MR) is 37.7 cm³/mol. The van der Waals surface area contributed by atoms with Crippen LogP contribution in [-0.4, -0.2) is 25.0 Å². The topological polar surface area (TPSA) is 52.3 Å². The molecule has 58 valence electrons. The van der Waals surface area contributed by atoms with Crippen LogP contribution in [0.15, 0.2) is 0 Å². The molecule has 1 heterocycles. The van der Waals surface area contributed by atoms with E-state index in [9.17, 15) is 4.79 Å². The van der Waals surface area contributed by atoms with E-state index in [1.807, 2.05) is 0 Å². The van der Waals surface area contributed by atoms with Crippen LogP contribution in [0.2, 0.25) is 0 Å². The van der Waals surface area contributed by atoms with Crippen molar-refractivity contribution in [1.29, 1.82) is 0 Å². The van der Waals surface area contributed by atoms with Crippen LogP contribution in [0.25, 0.3) is 0 Å². The van der Waals surface area contributed by atoms with E-state index in [1.54, 1.807) is 0 Å². The van der Waals surface area contributed by atoms with Crippen LogP contribution in [0.3, 0.4) is 0 Å². The van der Waals surface area contributed by atoms with Gasteiger partial charge in [0, 0.05) is 13.0 Å². The van der Waals surface area contributed by atoms with Crippen LogP contribution in [0.1, 0.15) is 19.3 Å². The summed E-state index contributed by atoms with van der Waals surface area (Å²) in [6.45, 7) is 0.961. The van der Waals surface area contributed by atoms with Gasteiger partial charge in [-0.05, 0) is 12.8 Å². The number of rotatable bonds is 3. The molecule has 0 amide bonds. The van der Waals surface area contributed by atoms with E-state index in [0.29, 0.717) is 6.42 Å². The summed E-state index contributed by atoms with van der Waals surface area (Å²) in [5.41, 5.74) is 5.15. The van der Waals surface area contributed by atoms with Crippen LogP contribution < -0.4 is 5.73 Å². The highest BCUT2D eigenvalue weighted by atomic mass is 16.5. The van der Waals surface area contributed by atoms with Crippen LogP contribution in [-0.2, 0) is 9.53 Å². The Balaban J connectivity index is 2.17. The first-order chi connectivity index (χ1) is 4.83. The van der Waals surface area contributed by atoms with E-state index in [4.69, 9.17) is 10.5 Å². The molecule has 0 aromatic carbocycles. The van der Waals surface area contributed by atoms with Crippen molar-refractivity contribution in [3.05, 3.63) is 0 Å². The Morgan fingerprint density at radius 1 is 1.70 bits per heavy atom. The zero-order valence-electron chi connectivity index (χ0n) is 6.01. The van der Waals surface area contributed by atoms with Crippen molar-refractivity contribution in [2.75, 3.05) is 13.2 Å². The Morgan fingerprint density at radius 3 is 3.00 bits per heavy atom. The summed E-state index contributed by atoms with van der Waals surface area (Å²) in [5.74, 6) is 0.104. The predicted octanol–water partition coefficient (Wildman–Crippen LogP) is 0.0833. The smallest absolute Gasteiger partial charge is 0.148 e. The van der Waals surface area contributed by atoms with Gasteiger partial charge in [0.05, 0.1) is 12.6 Å². The van der Waals surface area contributed by atoms with Crippen molar-refractivity contribution in [2.24, 2.45) is 5.73 Å². The van der Waals surface area contributed by atoms with E-state index >= 15 is 0 Å². The molecule has 3 heteroatoms. The normalized spacial score (nSPS) is 25.1. The van der Waals surface area contributed by atoms with Crippen molar-refractivity contribution < 1.29 is 9.53 Å². The van der Waals surface area contributed by atoms with E-state index in [1.165, 1.54) is 0 Å². The zero-order valence-corrected chi connectivity index (χ0v) is 6.01. The standard InChI is InChI=1S/C7H13NO2/c8-5-6(9)4-7-2-1-3-10-7/h7H,1-5,8H2. The fraction of sp³-hybridized carbons (Fsp3) is 0.857. The van der Waals surface area contributed by atoms with Crippen molar-refractivity contribution in [3.8, 4) is 0 Å². The van der Waals surface area contributed by atoms with Crippen molar-refractivity contribution in [1.82, 2.24) is 0 Å². The minimum absolute atomic E-state index is 0.104. The second-order valence-electron chi connectivity index (χ2n) is 2.58. The van der Waals surface area contributed by atoms with Crippen molar-refractivity contribution in [3.63, 3.8) is 0 Å². The summed E-state index contributed by atoms with van der Waals surface area (Å²) in [7, 11) is 0. The fourth-order valence-electron chi connectivity index (χ4n) is 1.14. The lowest BCUT2D eigenvalue weighted by molar-refractivity contribution is -0.119. The van der Waals surface area contributed by atoms with Crippen molar-refractivity contribution in [2.45, 2.75) is 25.4 Å². The Labute approximate surface area is 60.5 Å². The molecule has 1 fully saturated rings. The van der Waals surface area contributed by atoms with Gasteiger partial charge in [-0.25, -0.2) is 0 Å². The van der Waals surface area contributed by atoms with E-state index in [-0.39, 0.29) is 18.4 Å². The van der Waals surface area contributed by atoms with E-state index in [2.05, 4.69) is 0 Å². The summed E-state index contributed by atoms with van der Waals surface area (Å²) in [6.07, 6.45) is 2.78. The molecule has 0 radical (unpaired) electrons. The quantitative estimate of drug-likeness (QED) is 0.609. The molecule has 0 aromatic rings. The Kier molecular flexibility index (Phi) is 2.83. The van der Waals surface area contributed by atoms with Gasteiger partial charge in [-0.2, -0.15) is 0 Å². The molecule has 1 rings (SSSR count). The zero-order chi connectivity index (χ0) is 7.40. The number of hydrogen-bond acceptors (Lipinski definition) is 3. The van der Waals surface area contributed by atoms with Crippen LogP contribution >= 0.6 is 0 Å². The number of hydrogen-bond donors (Lipinski definition) is 1. The monoisotopic (exact) mass is 143 g/mol. The van der Waals surface area contributed by atoms with Gasteiger partial charge in [-0.15, -0.1) is 0 Å². The minimum atomic E-state index is 0.104. The Bertz CT molecular complexity index is 119. The molecule has 0 spiro atoms. The lowest BCUT2D eigenvalue weighted by Gasteiger charge is -2.05. The summed E-state index contributed by atoms with van der Waals surface area (Å²) < 4.78 is 5.25. The highest BCUT2D eigenvalue weighted by molar-refractivity contribution is 5.80. The molecule has 10 heavy (non-hydrogen) atoms. The third kappa shape index (κ3) is 2.08. The number of Topliss-reactive ketones (excluding diaryl/α,β-unsaturated/α-hetero) is 1. The highest BCUT2D eigenvalue weighted by Gasteiger charge is 2.17. The lowest BCUT2D eigenvalue weighted by atomic mass is 10.1. The fourth-order valence-corrected chi connectivity index (χ4v) is 1.14. The number of nitrogens with two attached hydrogens (primary N) is 1. The molecular weight excluding hydrogens is 130 g/mol. The molecule has 0 aromatic heterocycles. The number of ketones is 1. The number of carbonyl (C=O) groups excluding carboxylic acids is 1. The maximum absolute atomic E-state index is 10.8. The first-order valence-electron chi connectivity index (χ1n) is 3.66. The third-order valence-electron chi connectivity index (χ3n) is 1.71. The Hall–Kier alpha value is -0.410. The number of ether oxygens (including phenoxy) is 1. The van der Waals surface area contributed by atoms with Gasteiger partial charge in [-0.1, -0.05) is 0 Å². The first-order valence-corrected chi connectivity index (χ1v) is 3.66. The van der Waals surface area contributed by atoms with Crippen LogP contribution in [0.5, 0.6) is 0 Å². The highest BCUT2D eigenvalue weighted by Crippen LogP contribution is 2.14. The molecule has 1 aliphatic heterocycles. The average molecular weight is 143 g/mol. The molecule has 3 nitrogen and oxygen atoms in total. The molecular formula is C7H13NO2. The largest absolute Gasteiger partial charge is 0.378 e. The average Bonchev–Trinajstić information content (AvgIpc) is 2.40. The van der Waals surface area contributed by atoms with Crippen LogP contribution in [0, 0.1) is 0 Å². The van der Waals surface area contributed by atoms with E-state index in [0.717, 1.165) is 19.4 Å². The second kappa shape index (κ2) is 3.68. The second-order valence-corrected chi connectivity index (χ2v) is 2.58. The van der Waals surface area contributed by atoms with Gasteiger partial charge in [0.25, 0.3) is 0 Å². The summed E-state index contributed by atoms with van der Waals surface area (Å²) in [6, 6.07) is 0. The van der Waals surface area contributed by atoms with Crippen molar-refractivity contribution >= 4 is 5.78 Å². The summed E-state index contributed by atoms with van der Waals surface area (Å²) >= 11 is 0. The van der Waals surface area contributed by atoms with Gasteiger partial charge in [0.15, 0.2) is 0 Å².